The monoisotopic (exact) mass is 1280 g/mol. The molecule has 488 valence electrons. The molecule has 0 aliphatic heterocycles. The number of hydrogen-bond acceptors (Lipinski definition) is 16. The highest BCUT2D eigenvalue weighted by atomic mass is 16.2. The lowest BCUT2D eigenvalue weighted by molar-refractivity contribution is -0.117. The van der Waals surface area contributed by atoms with Gasteiger partial charge in [-0.25, -0.2) is 19.9 Å². The van der Waals surface area contributed by atoms with Crippen molar-refractivity contribution >= 4 is 111 Å². The predicted octanol–water partition coefficient (Wildman–Crippen LogP) is 1.36. The van der Waals surface area contributed by atoms with Gasteiger partial charge in [0.1, 0.15) is 28.6 Å². The normalized spacial score (nSPS) is 10.9. The zero-order chi connectivity index (χ0) is 67.4. The maximum atomic E-state index is 13.3. The first-order valence-corrected chi connectivity index (χ1v) is 28.7. The molecule has 0 spiro atoms. The Morgan fingerprint density at radius 2 is 0.634 bits per heavy atom. The minimum atomic E-state index is -0.650. The van der Waals surface area contributed by atoms with Crippen LogP contribution in [0, 0.1) is 0 Å². The van der Waals surface area contributed by atoms with Gasteiger partial charge in [0.15, 0.2) is 23.3 Å². The van der Waals surface area contributed by atoms with Crippen molar-refractivity contribution in [3.63, 3.8) is 0 Å². The number of hydrogen-bond donors (Lipinski definition) is 11. The third-order valence-electron chi connectivity index (χ3n) is 14.0. The molecule has 0 aliphatic rings. The Kier molecular flexibility index (Phi) is 21.1. The van der Waals surface area contributed by atoms with Gasteiger partial charge in [0.05, 0.1) is 22.7 Å². The first kappa shape index (κ1) is 66.7. The second-order valence-corrected chi connectivity index (χ2v) is 21.5. The SMILES string of the molecule is CC(=O)CCNC(=O)c1cc(NC(=O)c2nc(NC(=O)CCNC(=O)c3cc(NC(=O)c4nc(NC(=O)CCCNC(=O)c5cc(NC(=O)c6nc(NC(=O)CCNC(=O)c7cc(NC(=O)c8nccn8C)cn7C)cn6C)cn5C)cn4C)cn3C)cn2C)cn1C. The molecule has 11 N–H and O–H groups in total. The number of amides is 11. The van der Waals surface area contributed by atoms with Crippen LogP contribution in [0.25, 0.3) is 0 Å². The van der Waals surface area contributed by atoms with Crippen LogP contribution in [0.3, 0.4) is 0 Å². The highest BCUT2D eigenvalue weighted by molar-refractivity contribution is 6.07. The summed E-state index contributed by atoms with van der Waals surface area (Å²) in [6.45, 7) is 1.58. The molecule has 93 heavy (non-hydrogen) atoms. The van der Waals surface area contributed by atoms with E-state index in [1.54, 1.807) is 73.3 Å². The lowest BCUT2D eigenvalue weighted by atomic mass is 10.3. The average molecular weight is 1280 g/mol. The molecule has 8 rings (SSSR count). The van der Waals surface area contributed by atoms with Gasteiger partial charge in [-0.1, -0.05) is 0 Å². The van der Waals surface area contributed by atoms with Crippen LogP contribution >= 0.6 is 0 Å². The van der Waals surface area contributed by atoms with Crippen molar-refractivity contribution in [2.45, 2.75) is 39.0 Å². The number of carbonyl (C=O) groups is 12. The van der Waals surface area contributed by atoms with Gasteiger partial charge in [0.2, 0.25) is 35.2 Å². The quantitative estimate of drug-likeness (QED) is 0.0308. The van der Waals surface area contributed by atoms with E-state index in [0.717, 1.165) is 0 Å². The number of nitrogens with zero attached hydrogens (tertiary/aromatic N) is 12. The van der Waals surface area contributed by atoms with Gasteiger partial charge in [-0.2, -0.15) is 0 Å². The summed E-state index contributed by atoms with van der Waals surface area (Å²) < 4.78 is 11.8. The zero-order valence-electron chi connectivity index (χ0n) is 52.1. The fourth-order valence-electron chi connectivity index (χ4n) is 9.34. The highest BCUT2D eigenvalue weighted by Gasteiger charge is 2.24. The first-order valence-electron chi connectivity index (χ1n) is 28.7. The third-order valence-corrected chi connectivity index (χ3v) is 14.0. The van der Waals surface area contributed by atoms with E-state index in [-0.39, 0.29) is 139 Å². The van der Waals surface area contributed by atoms with Gasteiger partial charge in [0.25, 0.3) is 47.3 Å². The largest absolute Gasteiger partial charge is 0.351 e. The maximum absolute atomic E-state index is 13.3. The number of aromatic nitrogens is 12. The van der Waals surface area contributed by atoms with Crippen LogP contribution in [0.4, 0.5) is 40.2 Å². The summed E-state index contributed by atoms with van der Waals surface area (Å²) in [7, 11) is 12.8. The van der Waals surface area contributed by atoms with Crippen molar-refractivity contribution in [2.75, 3.05) is 63.4 Å². The van der Waals surface area contributed by atoms with Crippen LogP contribution in [-0.2, 0) is 75.6 Å². The van der Waals surface area contributed by atoms with E-state index in [9.17, 15) is 57.5 Å². The summed E-state index contributed by atoms with van der Waals surface area (Å²) >= 11 is 0. The van der Waals surface area contributed by atoms with E-state index < -0.39 is 65.0 Å². The molecule has 0 bridgehead atoms. The van der Waals surface area contributed by atoms with E-state index in [1.165, 1.54) is 107 Å². The van der Waals surface area contributed by atoms with Gasteiger partial charge in [-0.3, -0.25) is 57.5 Å². The molecule has 0 fully saturated rings. The molecule has 8 heterocycles. The zero-order valence-corrected chi connectivity index (χ0v) is 52.1. The number of imidazole rings is 4. The number of anilines is 7. The summed E-state index contributed by atoms with van der Waals surface area (Å²) in [5, 5.41) is 29.3. The fraction of sp³-hybridized carbons (Fsp3) is 0.310. The minimum absolute atomic E-state index is 0.0267. The highest BCUT2D eigenvalue weighted by Crippen LogP contribution is 2.20. The van der Waals surface area contributed by atoms with E-state index in [0.29, 0.717) is 11.4 Å². The van der Waals surface area contributed by atoms with Gasteiger partial charge in [-0.05, 0) is 37.6 Å². The summed E-state index contributed by atoms with van der Waals surface area (Å²) in [6, 6.07) is 5.84. The maximum Gasteiger partial charge on any atom is 0.291 e. The minimum Gasteiger partial charge on any atom is -0.351 e. The molecule has 0 aromatic carbocycles. The molecule has 0 aliphatic carbocycles. The van der Waals surface area contributed by atoms with Crippen molar-refractivity contribution < 1.29 is 57.5 Å². The molecule has 11 amide bonds. The molecular weight excluding hydrogens is 1210 g/mol. The summed E-state index contributed by atoms with van der Waals surface area (Å²) in [5.41, 5.74) is 2.06. The molecule has 35 heteroatoms. The van der Waals surface area contributed by atoms with Gasteiger partial charge < -0.3 is 95.0 Å². The van der Waals surface area contributed by atoms with Crippen LogP contribution in [0.15, 0.2) is 80.0 Å². The molecule has 35 nitrogen and oxygen atoms in total. The Morgan fingerprint density at radius 3 is 0.946 bits per heavy atom. The van der Waals surface area contributed by atoms with Crippen LogP contribution in [-0.4, -0.2) is 153 Å². The van der Waals surface area contributed by atoms with Gasteiger partial charge >= 0.3 is 0 Å². The predicted molar refractivity (Wildman–Crippen MR) is 335 cm³/mol. The van der Waals surface area contributed by atoms with Crippen LogP contribution < -0.4 is 58.5 Å². The second-order valence-electron chi connectivity index (χ2n) is 21.5. The molecule has 0 saturated carbocycles. The lowest BCUT2D eigenvalue weighted by Gasteiger charge is -2.06. The van der Waals surface area contributed by atoms with Crippen molar-refractivity contribution in [3.05, 3.63) is 126 Å². The van der Waals surface area contributed by atoms with Gasteiger partial charge in [-0.15, -0.1) is 0 Å². The number of Topliss-reactive ketones (excluding diaryl/α,β-unsaturated/α-hetero) is 1. The van der Waals surface area contributed by atoms with E-state index in [1.807, 2.05) is 0 Å². The van der Waals surface area contributed by atoms with Crippen LogP contribution in [0.5, 0.6) is 0 Å². The number of carbonyl (C=O) groups excluding carboxylic acids is 12. The van der Waals surface area contributed by atoms with Crippen LogP contribution in [0.2, 0.25) is 0 Å². The first-order chi connectivity index (χ1) is 44.2. The topological polar surface area (TPSA) is 428 Å². The Balaban J connectivity index is 0.710. The van der Waals surface area contributed by atoms with E-state index in [2.05, 4.69) is 78.4 Å². The number of ketones is 1. The molecule has 0 atom stereocenters. The molecular formula is C58H69N23O12. The molecule has 0 saturated heterocycles. The van der Waals surface area contributed by atoms with Crippen LogP contribution in [0.1, 0.15) is 123 Å². The van der Waals surface area contributed by atoms with Gasteiger partial charge in [0, 0.05) is 164 Å². The van der Waals surface area contributed by atoms with Crippen molar-refractivity contribution in [1.82, 2.24) is 77.7 Å². The second kappa shape index (κ2) is 29.4. The molecule has 0 unspecified atom stereocenters. The molecule has 8 aromatic rings. The van der Waals surface area contributed by atoms with Crippen molar-refractivity contribution in [1.29, 1.82) is 0 Å². The Bertz CT molecular complexity index is 4230. The summed E-state index contributed by atoms with van der Waals surface area (Å²) in [5.74, 6) is -5.52. The molecule has 0 radical (unpaired) electrons. The summed E-state index contributed by atoms with van der Waals surface area (Å²) in [4.78, 5) is 170. The summed E-state index contributed by atoms with van der Waals surface area (Å²) in [6.07, 6.45) is 13.7. The van der Waals surface area contributed by atoms with Crippen molar-refractivity contribution in [2.24, 2.45) is 56.4 Å². The van der Waals surface area contributed by atoms with E-state index in [4.69, 9.17) is 0 Å². The molecule has 8 aromatic heterocycles. The fourth-order valence-corrected chi connectivity index (χ4v) is 9.34. The van der Waals surface area contributed by atoms with E-state index >= 15 is 0 Å². The Morgan fingerprint density at radius 1 is 0.333 bits per heavy atom. The third kappa shape index (κ3) is 17.4. The number of nitrogens with one attached hydrogen (secondary N) is 11. The Hall–Kier alpha value is -12.2. The lowest BCUT2D eigenvalue weighted by Crippen LogP contribution is -2.29. The number of rotatable bonds is 28. The Labute approximate surface area is 529 Å². The average Bonchev–Trinajstić information content (AvgIpc) is 1.81. The smallest absolute Gasteiger partial charge is 0.291 e. The number of aryl methyl sites for hydroxylation is 8. The van der Waals surface area contributed by atoms with Crippen molar-refractivity contribution in [3.8, 4) is 0 Å². The standard InChI is InChI=1S/C58H69N23O12/c1-32(82)12-16-61-52(87)38-23-35(27-77(38)5)66-58(93)50-73-43(31-81(50)9)70-46(85)14-18-63-54(89)40-24-36(28-78(40)6)67-56(91)48-71-41(29-79(48)7)68-44(83)11-10-15-60-51(86)37-22-34(26-75(37)3)65-57(92)49-72-42(30-80(49)8)69-45(84)13-17-62-53(88)39-21-33(25-76(39)4)64-55(90)47-59-19-20-74(47)2/h19-31H,10-18H2,1-9H3,(H,60,86)(H,61,87)(H,62,88)(H,63,89)(H,64,90)(H,65,92)(H,66,93)(H,67,91)(H,68,83)(H,69,84)(H,70,85).